The van der Waals surface area contributed by atoms with Crippen molar-refractivity contribution in [2.24, 2.45) is 5.92 Å². The predicted molar refractivity (Wildman–Crippen MR) is 44.7 cm³/mol. The van der Waals surface area contributed by atoms with Crippen LogP contribution in [0.15, 0.2) is 0 Å². The highest BCUT2D eigenvalue weighted by Gasteiger charge is 2.33. The Morgan fingerprint density at radius 3 is 2.46 bits per heavy atom. The molecule has 0 aromatic carbocycles. The number of rotatable bonds is 4. The quantitative estimate of drug-likeness (QED) is 0.674. The van der Waals surface area contributed by atoms with Gasteiger partial charge in [0, 0.05) is 0 Å². The highest BCUT2D eigenvalue weighted by molar-refractivity contribution is 7.89. The summed E-state index contributed by atoms with van der Waals surface area (Å²) in [5.41, 5.74) is 0. The molecule has 6 heteroatoms. The third kappa shape index (κ3) is 3.02. The number of nitrogens with one attached hydrogen (secondary N) is 1. The average Bonchev–Trinajstić information content (AvgIpc) is 2.82. The SMILES string of the molecule is N#CCS(=O)(=O)NC(C#N)C1CC1. The molecule has 5 nitrogen and oxygen atoms in total. The summed E-state index contributed by atoms with van der Waals surface area (Å²) in [5.74, 6) is -0.448. The molecule has 1 fully saturated rings. The monoisotopic (exact) mass is 199 g/mol. The van der Waals surface area contributed by atoms with Crippen LogP contribution in [0.1, 0.15) is 12.8 Å². The van der Waals surface area contributed by atoms with Gasteiger partial charge in [0.05, 0.1) is 12.1 Å². The fourth-order valence-electron chi connectivity index (χ4n) is 0.978. The predicted octanol–water partition coefficient (Wildman–Crippen LogP) is -0.268. The smallest absolute Gasteiger partial charge is 0.211 e. The van der Waals surface area contributed by atoms with Crippen molar-refractivity contribution in [2.45, 2.75) is 18.9 Å². The molecule has 0 heterocycles. The van der Waals surface area contributed by atoms with Gasteiger partial charge in [0.2, 0.25) is 10.0 Å². The number of sulfonamides is 1. The molecule has 1 N–H and O–H groups in total. The van der Waals surface area contributed by atoms with Crippen molar-refractivity contribution in [2.75, 3.05) is 5.75 Å². The van der Waals surface area contributed by atoms with E-state index in [1.807, 2.05) is 6.07 Å². The van der Waals surface area contributed by atoms with Crippen molar-refractivity contribution in [1.29, 1.82) is 10.5 Å². The Bertz CT molecular complexity index is 358. The molecule has 0 saturated heterocycles. The Morgan fingerprint density at radius 2 is 2.08 bits per heavy atom. The zero-order chi connectivity index (χ0) is 9.90. The number of hydrogen-bond donors (Lipinski definition) is 1. The van der Waals surface area contributed by atoms with E-state index in [2.05, 4.69) is 4.72 Å². The molecule has 0 radical (unpaired) electrons. The molecule has 1 aliphatic carbocycles. The maximum atomic E-state index is 11.0. The molecule has 70 valence electrons. The maximum absolute atomic E-state index is 11.0. The first-order chi connectivity index (χ1) is 6.09. The summed E-state index contributed by atoms with van der Waals surface area (Å²) >= 11 is 0. The fraction of sp³-hybridized carbons (Fsp3) is 0.714. The number of hydrogen-bond acceptors (Lipinski definition) is 4. The van der Waals surface area contributed by atoms with Crippen LogP contribution in [0.25, 0.3) is 0 Å². The third-order valence-electron chi connectivity index (χ3n) is 1.79. The zero-order valence-electron chi connectivity index (χ0n) is 6.90. The lowest BCUT2D eigenvalue weighted by molar-refractivity contribution is 0.563. The minimum atomic E-state index is -3.58. The van der Waals surface area contributed by atoms with E-state index >= 15 is 0 Å². The van der Waals surface area contributed by atoms with Gasteiger partial charge in [0.25, 0.3) is 0 Å². The molecule has 0 aromatic heterocycles. The Balaban J connectivity index is 2.56. The highest BCUT2D eigenvalue weighted by atomic mass is 32.2. The van der Waals surface area contributed by atoms with Crippen molar-refractivity contribution in [1.82, 2.24) is 4.72 Å². The average molecular weight is 199 g/mol. The number of nitriles is 2. The van der Waals surface area contributed by atoms with Crippen molar-refractivity contribution in [3.63, 3.8) is 0 Å². The largest absolute Gasteiger partial charge is 0.226 e. The first kappa shape index (κ1) is 9.97. The van der Waals surface area contributed by atoms with E-state index in [0.29, 0.717) is 0 Å². The summed E-state index contributed by atoms with van der Waals surface area (Å²) in [6.07, 6.45) is 1.76. The molecule has 1 unspecified atom stereocenters. The Kier molecular flexibility index (Phi) is 2.86. The van der Waals surface area contributed by atoms with E-state index in [4.69, 9.17) is 10.5 Å². The molecule has 0 bridgehead atoms. The van der Waals surface area contributed by atoms with Gasteiger partial charge in [-0.15, -0.1) is 0 Å². The third-order valence-corrected chi connectivity index (χ3v) is 2.92. The molecule has 0 amide bonds. The normalized spacial score (nSPS) is 18.6. The molecular formula is C7H9N3O2S. The lowest BCUT2D eigenvalue weighted by Crippen LogP contribution is -2.36. The first-order valence-electron chi connectivity index (χ1n) is 3.85. The molecule has 0 aliphatic heterocycles. The molecule has 0 spiro atoms. The van der Waals surface area contributed by atoms with Crippen LogP contribution in [0.4, 0.5) is 0 Å². The Labute approximate surface area is 77.0 Å². The van der Waals surface area contributed by atoms with Crippen LogP contribution in [-0.4, -0.2) is 20.2 Å². The minimum absolute atomic E-state index is 0.137. The Morgan fingerprint density at radius 1 is 1.46 bits per heavy atom. The standard InChI is InChI=1S/C7H9N3O2S/c8-3-4-13(11,12)10-7(5-9)6-1-2-6/h6-7,10H,1-2,4H2. The van der Waals surface area contributed by atoms with Gasteiger partial charge in [-0.3, -0.25) is 0 Å². The molecular weight excluding hydrogens is 190 g/mol. The van der Waals surface area contributed by atoms with Crippen LogP contribution in [-0.2, 0) is 10.0 Å². The molecule has 0 aromatic rings. The van der Waals surface area contributed by atoms with E-state index in [0.717, 1.165) is 12.8 Å². The second-order valence-electron chi connectivity index (χ2n) is 2.98. The summed E-state index contributed by atoms with van der Waals surface area (Å²) in [6, 6.07) is 2.76. The van der Waals surface area contributed by atoms with E-state index < -0.39 is 21.8 Å². The summed E-state index contributed by atoms with van der Waals surface area (Å²) in [4.78, 5) is 0. The Hall–Kier alpha value is -1.11. The fourth-order valence-corrected chi connectivity index (χ4v) is 1.86. The van der Waals surface area contributed by atoms with Crippen molar-refractivity contribution < 1.29 is 8.42 Å². The van der Waals surface area contributed by atoms with Crippen LogP contribution in [0.3, 0.4) is 0 Å². The van der Waals surface area contributed by atoms with E-state index in [1.165, 1.54) is 6.07 Å². The maximum Gasteiger partial charge on any atom is 0.226 e. The molecule has 1 saturated carbocycles. The van der Waals surface area contributed by atoms with Gasteiger partial charge in [-0.25, -0.2) is 8.42 Å². The van der Waals surface area contributed by atoms with Crippen LogP contribution in [0, 0.1) is 28.6 Å². The van der Waals surface area contributed by atoms with Gasteiger partial charge in [-0.2, -0.15) is 15.2 Å². The second kappa shape index (κ2) is 3.73. The highest BCUT2D eigenvalue weighted by Crippen LogP contribution is 2.32. The van der Waals surface area contributed by atoms with Gasteiger partial charge >= 0.3 is 0 Å². The molecule has 1 rings (SSSR count). The summed E-state index contributed by atoms with van der Waals surface area (Å²) in [5, 5.41) is 16.8. The second-order valence-corrected chi connectivity index (χ2v) is 4.73. The lowest BCUT2D eigenvalue weighted by Gasteiger charge is -2.07. The van der Waals surface area contributed by atoms with Crippen LogP contribution < -0.4 is 4.72 Å². The molecule has 1 atom stereocenters. The molecule has 1 aliphatic rings. The van der Waals surface area contributed by atoms with Crippen molar-refractivity contribution in [3.8, 4) is 12.1 Å². The molecule has 13 heavy (non-hydrogen) atoms. The van der Waals surface area contributed by atoms with Gasteiger partial charge in [-0.05, 0) is 18.8 Å². The summed E-state index contributed by atoms with van der Waals surface area (Å²) < 4.78 is 24.3. The number of nitrogens with zero attached hydrogens (tertiary/aromatic N) is 2. The van der Waals surface area contributed by atoms with Gasteiger partial charge in [0.1, 0.15) is 6.04 Å². The zero-order valence-corrected chi connectivity index (χ0v) is 7.71. The summed E-state index contributed by atoms with van der Waals surface area (Å²) in [6.45, 7) is 0. The summed E-state index contributed by atoms with van der Waals surface area (Å²) in [7, 11) is -3.58. The van der Waals surface area contributed by atoms with Gasteiger partial charge < -0.3 is 0 Å². The van der Waals surface area contributed by atoms with Gasteiger partial charge in [0.15, 0.2) is 5.75 Å². The minimum Gasteiger partial charge on any atom is -0.211 e. The van der Waals surface area contributed by atoms with Gasteiger partial charge in [-0.1, -0.05) is 0 Å². The van der Waals surface area contributed by atoms with Crippen LogP contribution >= 0.6 is 0 Å². The van der Waals surface area contributed by atoms with E-state index in [-0.39, 0.29) is 5.92 Å². The van der Waals surface area contributed by atoms with Crippen molar-refractivity contribution in [3.05, 3.63) is 0 Å². The van der Waals surface area contributed by atoms with E-state index in [9.17, 15) is 8.42 Å². The van der Waals surface area contributed by atoms with Crippen molar-refractivity contribution >= 4 is 10.0 Å². The first-order valence-corrected chi connectivity index (χ1v) is 5.51. The van der Waals surface area contributed by atoms with Crippen LogP contribution in [0.2, 0.25) is 0 Å². The topological polar surface area (TPSA) is 93.8 Å². The van der Waals surface area contributed by atoms with E-state index in [1.54, 1.807) is 0 Å². The lowest BCUT2D eigenvalue weighted by atomic mass is 10.2. The van der Waals surface area contributed by atoms with Crippen LogP contribution in [0.5, 0.6) is 0 Å².